The van der Waals surface area contributed by atoms with Crippen molar-refractivity contribution in [2.75, 3.05) is 30.4 Å². The fraction of sp³-hybridized carbons (Fsp3) is 0.375. The van der Waals surface area contributed by atoms with Crippen LogP contribution >= 0.6 is 11.6 Å². The highest BCUT2D eigenvalue weighted by Gasteiger charge is 2.30. The molecule has 11 heteroatoms. The first-order chi connectivity index (χ1) is 20.7. The Kier molecular flexibility index (Phi) is 11.3. The molecule has 4 rings (SSSR count). The van der Waals surface area contributed by atoms with Crippen LogP contribution < -0.4 is 19.1 Å². The van der Waals surface area contributed by atoms with Gasteiger partial charge in [-0.3, -0.25) is 13.9 Å². The summed E-state index contributed by atoms with van der Waals surface area (Å²) in [4.78, 5) is 29.1. The van der Waals surface area contributed by atoms with Crippen molar-refractivity contribution >= 4 is 39.1 Å². The van der Waals surface area contributed by atoms with Crippen LogP contribution in [0, 0.1) is 0 Å². The summed E-state index contributed by atoms with van der Waals surface area (Å²) in [6.45, 7) is 2.88. The minimum Gasteiger partial charge on any atom is -0.454 e. The van der Waals surface area contributed by atoms with Crippen molar-refractivity contribution in [3.63, 3.8) is 0 Å². The number of rotatable bonds is 15. The molecule has 0 radical (unpaired) electrons. The van der Waals surface area contributed by atoms with E-state index in [1.54, 1.807) is 35.2 Å². The van der Waals surface area contributed by atoms with Crippen LogP contribution in [-0.4, -0.2) is 57.3 Å². The van der Waals surface area contributed by atoms with Crippen LogP contribution in [0.2, 0.25) is 5.02 Å². The summed E-state index contributed by atoms with van der Waals surface area (Å²) in [5.41, 5.74) is 2.14. The van der Waals surface area contributed by atoms with E-state index >= 15 is 0 Å². The van der Waals surface area contributed by atoms with Gasteiger partial charge in [-0.2, -0.15) is 0 Å². The van der Waals surface area contributed by atoms with E-state index in [-0.39, 0.29) is 44.5 Å². The average Bonchev–Trinajstić information content (AvgIpc) is 3.45. The van der Waals surface area contributed by atoms with E-state index in [2.05, 4.69) is 5.32 Å². The molecule has 1 N–H and O–H groups in total. The summed E-state index contributed by atoms with van der Waals surface area (Å²) in [7, 11) is -3.66. The Morgan fingerprint density at radius 2 is 1.70 bits per heavy atom. The summed E-state index contributed by atoms with van der Waals surface area (Å²) in [5, 5.41) is 3.54. The summed E-state index contributed by atoms with van der Waals surface area (Å²) < 4.78 is 37.5. The van der Waals surface area contributed by atoms with Gasteiger partial charge in [-0.1, -0.05) is 67.4 Å². The predicted octanol–water partition coefficient (Wildman–Crippen LogP) is 5.17. The molecule has 230 valence electrons. The lowest BCUT2D eigenvalue weighted by Crippen LogP contribution is -2.50. The zero-order valence-corrected chi connectivity index (χ0v) is 26.1. The zero-order valence-electron chi connectivity index (χ0n) is 24.5. The number of nitrogens with zero attached hydrogens (tertiary/aromatic N) is 2. The molecule has 3 aromatic carbocycles. The minimum atomic E-state index is -3.66. The van der Waals surface area contributed by atoms with Crippen LogP contribution in [0.5, 0.6) is 11.5 Å². The standard InChI is InChI=1S/C32H38ClN3O6S/c1-3-4-17-34-32(38)28(20-24-10-6-5-7-11-24)35(22-25-12-8-13-26(33)19-25)31(37)14-9-18-36(43(2,39)40)27-15-16-29-30(21-27)42-23-41-29/h5-8,10-13,15-16,19,21,28H,3-4,9,14,17-18,20,22-23H2,1-2H3,(H,34,38)/t28-/m1/s1. The number of amides is 2. The van der Waals surface area contributed by atoms with Gasteiger partial charge in [0.05, 0.1) is 11.9 Å². The summed E-state index contributed by atoms with van der Waals surface area (Å²) in [6, 6.07) is 21.0. The number of carbonyl (C=O) groups is 2. The van der Waals surface area contributed by atoms with Crippen molar-refractivity contribution in [1.29, 1.82) is 0 Å². The number of unbranched alkanes of at least 4 members (excludes halogenated alkanes) is 1. The fourth-order valence-corrected chi connectivity index (χ4v) is 6.11. The Morgan fingerprint density at radius 1 is 0.953 bits per heavy atom. The lowest BCUT2D eigenvalue weighted by molar-refractivity contribution is -0.141. The molecule has 0 saturated carbocycles. The predicted molar refractivity (Wildman–Crippen MR) is 168 cm³/mol. The summed E-state index contributed by atoms with van der Waals surface area (Å²) >= 11 is 6.26. The average molecular weight is 628 g/mol. The highest BCUT2D eigenvalue weighted by Crippen LogP contribution is 2.36. The van der Waals surface area contributed by atoms with E-state index in [0.29, 0.717) is 35.2 Å². The van der Waals surface area contributed by atoms with Crippen LogP contribution in [0.25, 0.3) is 0 Å². The molecular formula is C32H38ClN3O6S. The third-order valence-corrected chi connectivity index (χ3v) is 8.57. The van der Waals surface area contributed by atoms with Crippen molar-refractivity contribution in [3.05, 3.63) is 88.9 Å². The number of fused-ring (bicyclic) bond motifs is 1. The fourth-order valence-electron chi connectivity index (χ4n) is 4.94. The first-order valence-electron chi connectivity index (χ1n) is 14.4. The molecule has 1 aliphatic heterocycles. The van der Waals surface area contributed by atoms with Crippen LogP contribution in [0.4, 0.5) is 5.69 Å². The monoisotopic (exact) mass is 627 g/mol. The normalized spacial score (nSPS) is 12.9. The number of halogens is 1. The molecule has 0 fully saturated rings. The van der Waals surface area contributed by atoms with Crippen molar-refractivity contribution in [2.24, 2.45) is 0 Å². The van der Waals surface area contributed by atoms with Crippen molar-refractivity contribution in [3.8, 4) is 11.5 Å². The largest absolute Gasteiger partial charge is 0.454 e. The van der Waals surface area contributed by atoms with Crippen LogP contribution in [-0.2, 0) is 32.6 Å². The lowest BCUT2D eigenvalue weighted by Gasteiger charge is -2.32. The molecule has 0 spiro atoms. The second-order valence-corrected chi connectivity index (χ2v) is 12.8. The van der Waals surface area contributed by atoms with Gasteiger partial charge in [-0.05, 0) is 48.2 Å². The highest BCUT2D eigenvalue weighted by molar-refractivity contribution is 7.92. The first kappa shape index (κ1) is 32.2. The maximum absolute atomic E-state index is 13.9. The molecule has 0 bridgehead atoms. The van der Waals surface area contributed by atoms with Crippen molar-refractivity contribution < 1.29 is 27.5 Å². The van der Waals surface area contributed by atoms with Crippen LogP contribution in [0.15, 0.2) is 72.8 Å². The molecule has 9 nitrogen and oxygen atoms in total. The molecule has 1 aliphatic rings. The molecule has 2 amide bonds. The Balaban J connectivity index is 1.56. The van der Waals surface area contributed by atoms with Gasteiger partial charge in [-0.25, -0.2) is 8.42 Å². The van der Waals surface area contributed by atoms with Gasteiger partial charge < -0.3 is 19.7 Å². The van der Waals surface area contributed by atoms with E-state index in [1.165, 1.54) is 4.31 Å². The zero-order chi connectivity index (χ0) is 30.8. The third kappa shape index (κ3) is 9.11. The van der Waals surface area contributed by atoms with E-state index in [1.807, 2.05) is 49.4 Å². The van der Waals surface area contributed by atoms with Gasteiger partial charge >= 0.3 is 0 Å². The van der Waals surface area contributed by atoms with Gasteiger partial charge in [-0.15, -0.1) is 0 Å². The molecule has 43 heavy (non-hydrogen) atoms. The second kappa shape index (κ2) is 15.1. The number of sulfonamides is 1. The number of benzene rings is 3. The molecule has 1 heterocycles. The quantitative estimate of drug-likeness (QED) is 0.233. The number of anilines is 1. The molecular weight excluding hydrogens is 590 g/mol. The molecule has 0 aromatic heterocycles. The number of hydrogen-bond acceptors (Lipinski definition) is 6. The van der Waals surface area contributed by atoms with E-state index in [9.17, 15) is 18.0 Å². The summed E-state index contributed by atoms with van der Waals surface area (Å²) in [6.07, 6.45) is 3.48. The number of nitrogens with one attached hydrogen (secondary N) is 1. The van der Waals surface area contributed by atoms with Gasteiger partial charge in [0, 0.05) is 43.6 Å². The molecule has 1 atom stereocenters. The lowest BCUT2D eigenvalue weighted by atomic mass is 10.0. The van der Waals surface area contributed by atoms with Gasteiger partial charge in [0.1, 0.15) is 6.04 Å². The Labute approximate surface area is 258 Å². The number of hydrogen-bond donors (Lipinski definition) is 1. The van der Waals surface area contributed by atoms with E-state index in [0.717, 1.165) is 30.2 Å². The molecule has 3 aromatic rings. The Hall–Kier alpha value is -3.76. The molecule has 0 aliphatic carbocycles. The van der Waals surface area contributed by atoms with E-state index in [4.69, 9.17) is 21.1 Å². The number of carbonyl (C=O) groups excluding carboxylic acids is 2. The summed E-state index contributed by atoms with van der Waals surface area (Å²) in [5.74, 6) is 0.523. The van der Waals surface area contributed by atoms with Gasteiger partial charge in [0.25, 0.3) is 0 Å². The second-order valence-electron chi connectivity index (χ2n) is 10.5. The van der Waals surface area contributed by atoms with Crippen molar-refractivity contribution in [1.82, 2.24) is 10.2 Å². The molecule has 0 unspecified atom stereocenters. The molecule has 0 saturated heterocycles. The van der Waals surface area contributed by atoms with Crippen molar-refractivity contribution in [2.45, 2.75) is 51.6 Å². The van der Waals surface area contributed by atoms with Gasteiger partial charge in [0.15, 0.2) is 11.5 Å². The topological polar surface area (TPSA) is 105 Å². The number of ether oxygens (including phenoxy) is 2. The van der Waals surface area contributed by atoms with Gasteiger partial charge in [0.2, 0.25) is 28.6 Å². The SMILES string of the molecule is CCCCNC(=O)[C@@H](Cc1ccccc1)N(Cc1cccc(Cl)c1)C(=O)CCCN(c1ccc2c(c1)OCO2)S(C)(=O)=O. The highest BCUT2D eigenvalue weighted by atomic mass is 35.5. The van der Waals surface area contributed by atoms with Crippen LogP contribution in [0.3, 0.4) is 0 Å². The van der Waals surface area contributed by atoms with Crippen LogP contribution in [0.1, 0.15) is 43.7 Å². The maximum atomic E-state index is 13.9. The minimum absolute atomic E-state index is 0.0324. The Bertz CT molecular complexity index is 1500. The maximum Gasteiger partial charge on any atom is 0.243 e. The van der Waals surface area contributed by atoms with E-state index < -0.39 is 16.1 Å². The first-order valence-corrected chi connectivity index (χ1v) is 16.6. The smallest absolute Gasteiger partial charge is 0.243 e. The Morgan fingerprint density at radius 3 is 2.42 bits per heavy atom. The third-order valence-electron chi connectivity index (χ3n) is 7.14.